The van der Waals surface area contributed by atoms with E-state index in [2.05, 4.69) is 10.5 Å². The van der Waals surface area contributed by atoms with E-state index in [-0.39, 0.29) is 6.04 Å². The monoisotopic (exact) mass is 270 g/mol. The van der Waals surface area contributed by atoms with Crippen LogP contribution >= 0.6 is 0 Å². The number of aromatic nitrogens is 2. The summed E-state index contributed by atoms with van der Waals surface area (Å²) in [4.78, 5) is 0. The lowest BCUT2D eigenvalue weighted by atomic mass is 10.1. The second kappa shape index (κ2) is 5.48. The van der Waals surface area contributed by atoms with Crippen LogP contribution in [0.2, 0.25) is 0 Å². The lowest BCUT2D eigenvalue weighted by Gasteiger charge is -2.13. The molecule has 0 spiro atoms. The molecule has 1 aromatic carbocycles. The molecule has 0 amide bonds. The highest BCUT2D eigenvalue weighted by Gasteiger charge is 2.15. The van der Waals surface area contributed by atoms with Crippen molar-refractivity contribution in [2.75, 3.05) is 0 Å². The molecule has 0 saturated carbocycles. The van der Waals surface area contributed by atoms with Crippen molar-refractivity contribution in [2.24, 2.45) is 12.9 Å². The molecule has 104 valence electrons. The van der Waals surface area contributed by atoms with Crippen LogP contribution in [0, 0.1) is 0 Å². The summed E-state index contributed by atoms with van der Waals surface area (Å²) in [5.74, 6) is 6.54. The molecule has 0 aliphatic rings. The Balaban J connectivity index is 1.77. The normalized spacial score (nSPS) is 12.9. The van der Waals surface area contributed by atoms with Crippen molar-refractivity contribution < 1.29 is 4.42 Å². The van der Waals surface area contributed by atoms with Gasteiger partial charge < -0.3 is 4.42 Å². The number of nitrogens with one attached hydrogen (secondary N) is 1. The molecule has 0 aliphatic carbocycles. The van der Waals surface area contributed by atoms with Gasteiger partial charge in [-0.15, -0.1) is 0 Å². The molecular formula is C15H18N4O. The molecule has 2 aromatic heterocycles. The second-order valence-corrected chi connectivity index (χ2v) is 4.89. The molecule has 0 bridgehead atoms. The second-order valence-electron chi connectivity index (χ2n) is 4.89. The van der Waals surface area contributed by atoms with Crippen molar-refractivity contribution >= 4 is 11.0 Å². The predicted molar refractivity (Wildman–Crippen MR) is 77.8 cm³/mol. The Hall–Kier alpha value is -2.11. The van der Waals surface area contributed by atoms with E-state index in [9.17, 15) is 0 Å². The first-order valence-corrected chi connectivity index (χ1v) is 6.69. The fourth-order valence-corrected chi connectivity index (χ4v) is 2.42. The minimum absolute atomic E-state index is 0.00250. The Morgan fingerprint density at radius 2 is 2.20 bits per heavy atom. The van der Waals surface area contributed by atoms with E-state index in [1.54, 1.807) is 6.20 Å². The van der Waals surface area contributed by atoms with Crippen LogP contribution in [0.4, 0.5) is 0 Å². The third-order valence-corrected chi connectivity index (χ3v) is 3.60. The number of nitrogens with zero attached hydrogens (tertiary/aromatic N) is 2. The van der Waals surface area contributed by atoms with Crippen molar-refractivity contribution in [2.45, 2.75) is 18.9 Å². The van der Waals surface area contributed by atoms with Crippen molar-refractivity contribution in [3.63, 3.8) is 0 Å². The largest absolute Gasteiger partial charge is 0.459 e. The van der Waals surface area contributed by atoms with E-state index < -0.39 is 0 Å². The Bertz CT molecular complexity index is 668. The van der Waals surface area contributed by atoms with Crippen LogP contribution in [0.3, 0.4) is 0 Å². The number of rotatable bonds is 5. The molecule has 0 fully saturated rings. The van der Waals surface area contributed by atoms with Crippen LogP contribution in [0.25, 0.3) is 11.0 Å². The minimum Gasteiger partial charge on any atom is -0.459 e. The van der Waals surface area contributed by atoms with Gasteiger partial charge in [0.2, 0.25) is 0 Å². The third-order valence-electron chi connectivity index (χ3n) is 3.60. The van der Waals surface area contributed by atoms with Crippen LogP contribution in [-0.4, -0.2) is 9.78 Å². The number of aryl methyl sites for hydroxylation is 2. The van der Waals surface area contributed by atoms with Gasteiger partial charge in [0.15, 0.2) is 0 Å². The minimum atomic E-state index is -0.00250. The number of hydrogen-bond acceptors (Lipinski definition) is 4. The quantitative estimate of drug-likeness (QED) is 0.551. The molecule has 20 heavy (non-hydrogen) atoms. The van der Waals surface area contributed by atoms with Gasteiger partial charge in [-0.1, -0.05) is 18.2 Å². The van der Waals surface area contributed by atoms with Crippen molar-refractivity contribution in [3.05, 3.63) is 54.0 Å². The van der Waals surface area contributed by atoms with Crippen molar-refractivity contribution in [1.82, 2.24) is 15.2 Å². The van der Waals surface area contributed by atoms with Crippen molar-refractivity contribution in [1.29, 1.82) is 0 Å². The Morgan fingerprint density at radius 3 is 2.90 bits per heavy atom. The number of fused-ring (bicyclic) bond motifs is 1. The standard InChI is InChI=1S/C15H18N4O/c1-19-12(8-9-17-19)6-7-13(18-16)15-10-11-4-2-3-5-14(11)20-15/h2-5,8-10,13,18H,6-7,16H2,1H3. The van der Waals surface area contributed by atoms with E-state index in [1.807, 2.05) is 48.1 Å². The van der Waals surface area contributed by atoms with E-state index >= 15 is 0 Å². The smallest absolute Gasteiger partial charge is 0.134 e. The van der Waals surface area contributed by atoms with Crippen LogP contribution in [0.15, 0.2) is 47.0 Å². The lowest BCUT2D eigenvalue weighted by Crippen LogP contribution is -2.28. The zero-order valence-electron chi connectivity index (χ0n) is 11.4. The highest BCUT2D eigenvalue weighted by Crippen LogP contribution is 2.26. The number of para-hydroxylation sites is 1. The molecule has 5 heteroatoms. The summed E-state index contributed by atoms with van der Waals surface area (Å²) in [6.45, 7) is 0. The Kier molecular flexibility index (Phi) is 3.54. The first-order valence-electron chi connectivity index (χ1n) is 6.69. The molecule has 0 aliphatic heterocycles. The Labute approximate surface area is 117 Å². The molecule has 1 unspecified atom stereocenters. The summed E-state index contributed by atoms with van der Waals surface area (Å²) in [6, 6.07) is 12.0. The highest BCUT2D eigenvalue weighted by molar-refractivity contribution is 5.77. The summed E-state index contributed by atoms with van der Waals surface area (Å²) >= 11 is 0. The molecule has 3 N–H and O–H groups in total. The van der Waals surface area contributed by atoms with Crippen LogP contribution < -0.4 is 11.3 Å². The number of hydrogen-bond donors (Lipinski definition) is 2. The lowest BCUT2D eigenvalue weighted by molar-refractivity contribution is 0.414. The average molecular weight is 270 g/mol. The SMILES string of the molecule is Cn1nccc1CCC(NN)c1cc2ccccc2o1. The molecule has 0 saturated heterocycles. The zero-order chi connectivity index (χ0) is 13.9. The highest BCUT2D eigenvalue weighted by atomic mass is 16.3. The van der Waals surface area contributed by atoms with E-state index in [0.29, 0.717) is 0 Å². The van der Waals surface area contributed by atoms with Gasteiger partial charge >= 0.3 is 0 Å². The maximum atomic E-state index is 5.86. The van der Waals surface area contributed by atoms with Gasteiger partial charge in [-0.25, -0.2) is 5.43 Å². The topological polar surface area (TPSA) is 69.0 Å². The van der Waals surface area contributed by atoms with E-state index in [0.717, 1.165) is 29.6 Å². The number of nitrogens with two attached hydrogens (primary N) is 1. The summed E-state index contributed by atoms with van der Waals surface area (Å²) in [7, 11) is 1.95. The van der Waals surface area contributed by atoms with Gasteiger partial charge in [-0.2, -0.15) is 5.10 Å². The Morgan fingerprint density at radius 1 is 1.35 bits per heavy atom. The van der Waals surface area contributed by atoms with Crippen LogP contribution in [0.1, 0.15) is 23.9 Å². The number of benzene rings is 1. The third kappa shape index (κ3) is 2.45. The molecular weight excluding hydrogens is 252 g/mol. The zero-order valence-corrected chi connectivity index (χ0v) is 11.4. The van der Waals surface area contributed by atoms with Gasteiger partial charge in [0, 0.05) is 24.3 Å². The number of furan rings is 1. The van der Waals surface area contributed by atoms with Gasteiger partial charge in [0.05, 0.1) is 6.04 Å². The van der Waals surface area contributed by atoms with Gasteiger partial charge in [-0.05, 0) is 31.0 Å². The summed E-state index contributed by atoms with van der Waals surface area (Å²) in [5.41, 5.74) is 4.91. The maximum Gasteiger partial charge on any atom is 0.134 e. The van der Waals surface area contributed by atoms with Gasteiger partial charge in [0.1, 0.15) is 11.3 Å². The molecule has 0 radical (unpaired) electrons. The van der Waals surface area contributed by atoms with E-state index in [4.69, 9.17) is 10.3 Å². The summed E-state index contributed by atoms with van der Waals surface area (Å²) in [5, 5.41) is 5.27. The fraction of sp³-hybridized carbons (Fsp3) is 0.267. The van der Waals surface area contributed by atoms with Crippen molar-refractivity contribution in [3.8, 4) is 0 Å². The maximum absolute atomic E-state index is 5.86. The van der Waals surface area contributed by atoms with E-state index in [1.165, 1.54) is 5.69 Å². The first kappa shape index (κ1) is 12.9. The molecule has 2 heterocycles. The van der Waals surface area contributed by atoms with Gasteiger partial charge in [0.25, 0.3) is 0 Å². The number of hydrazine groups is 1. The predicted octanol–water partition coefficient (Wildman–Crippen LogP) is 2.30. The summed E-state index contributed by atoms with van der Waals surface area (Å²) in [6.07, 6.45) is 3.56. The fourth-order valence-electron chi connectivity index (χ4n) is 2.42. The molecule has 5 nitrogen and oxygen atoms in total. The van der Waals surface area contributed by atoms with Gasteiger partial charge in [-0.3, -0.25) is 10.5 Å². The molecule has 1 atom stereocenters. The van der Waals surface area contributed by atoms with Crippen LogP contribution in [0.5, 0.6) is 0 Å². The first-order chi connectivity index (χ1) is 9.78. The van der Waals surface area contributed by atoms with Crippen LogP contribution in [-0.2, 0) is 13.5 Å². The molecule has 3 aromatic rings. The summed E-state index contributed by atoms with van der Waals surface area (Å²) < 4.78 is 7.74. The average Bonchev–Trinajstić information content (AvgIpc) is 3.06. The molecule has 3 rings (SSSR count).